The molecule has 7 nitrogen and oxygen atoms in total. The molecule has 4 heterocycles. The summed E-state index contributed by atoms with van der Waals surface area (Å²) in [7, 11) is 0. The Morgan fingerprint density at radius 1 is 0.973 bits per heavy atom. The molecule has 1 N–H and O–H groups in total. The summed E-state index contributed by atoms with van der Waals surface area (Å²) in [5.41, 5.74) is 1.71. The van der Waals surface area contributed by atoms with Crippen LogP contribution in [0.4, 0.5) is 0 Å². The van der Waals surface area contributed by atoms with Gasteiger partial charge in [0.1, 0.15) is 5.69 Å². The Morgan fingerprint density at radius 3 is 2.49 bits per heavy atom. The van der Waals surface area contributed by atoms with E-state index in [9.17, 15) is 9.59 Å². The third-order valence-corrected chi connectivity index (χ3v) is 8.28. The molecule has 4 atom stereocenters. The molecule has 3 unspecified atom stereocenters. The fourth-order valence-corrected chi connectivity index (χ4v) is 6.23. The second kappa shape index (κ2) is 10.6. The normalized spacial score (nSPS) is 24.3. The smallest absolute Gasteiger partial charge is 0.273 e. The van der Waals surface area contributed by atoms with Gasteiger partial charge in [-0.2, -0.15) is 0 Å². The van der Waals surface area contributed by atoms with Crippen LogP contribution in [-0.2, 0) is 9.53 Å². The van der Waals surface area contributed by atoms with Crippen molar-refractivity contribution in [3.63, 3.8) is 0 Å². The van der Waals surface area contributed by atoms with Gasteiger partial charge in [-0.3, -0.25) is 14.6 Å². The van der Waals surface area contributed by atoms with Gasteiger partial charge in [0, 0.05) is 50.9 Å². The van der Waals surface area contributed by atoms with E-state index in [0.29, 0.717) is 30.7 Å². The molecule has 37 heavy (non-hydrogen) atoms. The largest absolute Gasteiger partial charge is 0.381 e. The SMILES string of the molecule is O=C(NC(CCN1CC2CN(C(=O)c3nccc4ccccc34)C[C@@H]2C1)c1ccccc1)C1CCOC1. The van der Waals surface area contributed by atoms with E-state index in [-0.39, 0.29) is 23.8 Å². The Labute approximate surface area is 217 Å². The summed E-state index contributed by atoms with van der Waals surface area (Å²) in [5, 5.41) is 5.27. The van der Waals surface area contributed by atoms with Crippen molar-refractivity contribution in [3.8, 4) is 0 Å². The number of amides is 2. The van der Waals surface area contributed by atoms with Gasteiger partial charge in [0.05, 0.1) is 18.6 Å². The lowest BCUT2D eigenvalue weighted by Crippen LogP contribution is -2.37. The molecular weight excluding hydrogens is 464 g/mol. The van der Waals surface area contributed by atoms with Crippen molar-refractivity contribution in [3.05, 3.63) is 78.1 Å². The van der Waals surface area contributed by atoms with E-state index in [1.807, 2.05) is 53.4 Å². The first-order valence-corrected chi connectivity index (χ1v) is 13.4. The molecule has 2 aromatic carbocycles. The number of ether oxygens (including phenoxy) is 1. The Balaban J connectivity index is 1.06. The number of benzene rings is 2. The zero-order valence-electron chi connectivity index (χ0n) is 21.1. The third kappa shape index (κ3) is 5.11. The summed E-state index contributed by atoms with van der Waals surface area (Å²) in [6.07, 6.45) is 3.40. The number of nitrogens with one attached hydrogen (secondary N) is 1. The van der Waals surface area contributed by atoms with E-state index in [2.05, 4.69) is 27.3 Å². The molecule has 0 aliphatic carbocycles. The molecule has 0 bridgehead atoms. The summed E-state index contributed by atoms with van der Waals surface area (Å²) in [6.45, 7) is 5.66. The van der Waals surface area contributed by atoms with Gasteiger partial charge in [0.25, 0.3) is 5.91 Å². The number of fused-ring (bicyclic) bond motifs is 2. The lowest BCUT2D eigenvalue weighted by molar-refractivity contribution is -0.125. The van der Waals surface area contributed by atoms with Crippen molar-refractivity contribution in [2.24, 2.45) is 17.8 Å². The highest BCUT2D eigenvalue weighted by atomic mass is 16.5. The quantitative estimate of drug-likeness (QED) is 0.540. The van der Waals surface area contributed by atoms with Crippen LogP contribution in [-0.4, -0.2) is 72.5 Å². The molecule has 3 aliphatic heterocycles. The second-order valence-electron chi connectivity index (χ2n) is 10.7. The van der Waals surface area contributed by atoms with E-state index >= 15 is 0 Å². The first kappa shape index (κ1) is 24.1. The van der Waals surface area contributed by atoms with Gasteiger partial charge in [-0.15, -0.1) is 0 Å². The monoisotopic (exact) mass is 498 g/mol. The number of carbonyl (C=O) groups excluding carboxylic acids is 2. The summed E-state index contributed by atoms with van der Waals surface area (Å²) < 4.78 is 5.42. The standard InChI is InChI=1S/C30H34N4O3/c35-29(23-12-15-37-20-23)32-27(22-7-2-1-3-8-22)11-14-33-16-24-18-34(19-25(24)17-33)30(36)28-26-9-5-4-6-21(26)10-13-31-28/h1-10,13,23-25,27H,11-12,14-20H2,(H,32,35)/t23?,24-,25?,27?/m0/s1. The molecule has 3 aromatic rings. The number of likely N-dealkylation sites (tertiary alicyclic amines) is 2. The minimum absolute atomic E-state index is 0.00903. The van der Waals surface area contributed by atoms with Crippen molar-refractivity contribution in [1.29, 1.82) is 0 Å². The molecule has 0 spiro atoms. The maximum absolute atomic E-state index is 13.4. The lowest BCUT2D eigenvalue weighted by Gasteiger charge is -2.25. The zero-order valence-corrected chi connectivity index (χ0v) is 21.1. The molecule has 3 fully saturated rings. The van der Waals surface area contributed by atoms with Crippen molar-refractivity contribution in [2.75, 3.05) is 45.9 Å². The maximum Gasteiger partial charge on any atom is 0.273 e. The van der Waals surface area contributed by atoms with Crippen LogP contribution in [0.15, 0.2) is 66.9 Å². The molecule has 3 aliphatic rings. The van der Waals surface area contributed by atoms with Gasteiger partial charge in [-0.05, 0) is 41.7 Å². The molecule has 3 saturated heterocycles. The van der Waals surface area contributed by atoms with Crippen LogP contribution in [0.25, 0.3) is 10.8 Å². The van der Waals surface area contributed by atoms with Crippen LogP contribution in [0.1, 0.15) is 34.9 Å². The number of pyridine rings is 1. The van der Waals surface area contributed by atoms with E-state index in [4.69, 9.17) is 4.74 Å². The molecule has 0 saturated carbocycles. The molecule has 6 rings (SSSR count). The van der Waals surface area contributed by atoms with Gasteiger partial charge < -0.3 is 19.9 Å². The predicted octanol–water partition coefficient (Wildman–Crippen LogP) is 3.52. The minimum atomic E-state index is -0.0444. The van der Waals surface area contributed by atoms with Crippen molar-refractivity contribution in [1.82, 2.24) is 20.1 Å². The minimum Gasteiger partial charge on any atom is -0.381 e. The summed E-state index contributed by atoms with van der Waals surface area (Å²) >= 11 is 0. The fourth-order valence-electron chi connectivity index (χ4n) is 6.23. The summed E-state index contributed by atoms with van der Waals surface area (Å²) in [4.78, 5) is 35.1. The Bertz CT molecular complexity index is 1240. The topological polar surface area (TPSA) is 74.8 Å². The summed E-state index contributed by atoms with van der Waals surface area (Å²) in [5.74, 6) is 1.07. The molecule has 1 aromatic heterocycles. The number of carbonyl (C=O) groups is 2. The Hall–Kier alpha value is -3.29. The van der Waals surface area contributed by atoms with Crippen molar-refractivity contribution in [2.45, 2.75) is 18.9 Å². The molecule has 192 valence electrons. The molecule has 0 radical (unpaired) electrons. The van der Waals surface area contributed by atoms with Gasteiger partial charge in [-0.1, -0.05) is 54.6 Å². The first-order valence-electron chi connectivity index (χ1n) is 13.4. The van der Waals surface area contributed by atoms with Crippen molar-refractivity contribution >= 4 is 22.6 Å². The number of aromatic nitrogens is 1. The predicted molar refractivity (Wildman–Crippen MR) is 142 cm³/mol. The Kier molecular flexibility index (Phi) is 6.89. The highest BCUT2D eigenvalue weighted by molar-refractivity contribution is 6.05. The summed E-state index contributed by atoms with van der Waals surface area (Å²) in [6, 6.07) is 20.2. The molecule has 2 amide bonds. The van der Waals surface area contributed by atoms with Crippen LogP contribution in [0.5, 0.6) is 0 Å². The highest BCUT2D eigenvalue weighted by Gasteiger charge is 2.42. The number of hydrogen-bond donors (Lipinski definition) is 1. The highest BCUT2D eigenvalue weighted by Crippen LogP contribution is 2.33. The van der Waals surface area contributed by atoms with E-state index < -0.39 is 0 Å². The average Bonchev–Trinajstić information content (AvgIpc) is 3.68. The second-order valence-corrected chi connectivity index (χ2v) is 10.7. The van der Waals surface area contributed by atoms with Gasteiger partial charge >= 0.3 is 0 Å². The number of rotatable bonds is 7. The van der Waals surface area contributed by atoms with Gasteiger partial charge in [-0.25, -0.2) is 0 Å². The van der Waals surface area contributed by atoms with E-state index in [1.165, 1.54) is 0 Å². The first-order chi connectivity index (χ1) is 18.2. The van der Waals surface area contributed by atoms with E-state index in [1.54, 1.807) is 6.20 Å². The third-order valence-electron chi connectivity index (χ3n) is 8.28. The van der Waals surface area contributed by atoms with Crippen LogP contribution >= 0.6 is 0 Å². The number of hydrogen-bond acceptors (Lipinski definition) is 5. The Morgan fingerprint density at radius 2 is 1.73 bits per heavy atom. The van der Waals surface area contributed by atoms with Gasteiger partial charge in [0.2, 0.25) is 5.91 Å². The number of nitrogens with zero attached hydrogens (tertiary/aromatic N) is 3. The van der Waals surface area contributed by atoms with Crippen LogP contribution < -0.4 is 5.32 Å². The molecule has 7 heteroatoms. The van der Waals surface area contributed by atoms with Crippen LogP contribution in [0, 0.1) is 17.8 Å². The maximum atomic E-state index is 13.4. The zero-order chi connectivity index (χ0) is 25.2. The molecular formula is C30H34N4O3. The van der Waals surface area contributed by atoms with Gasteiger partial charge in [0.15, 0.2) is 0 Å². The van der Waals surface area contributed by atoms with Crippen molar-refractivity contribution < 1.29 is 14.3 Å². The van der Waals surface area contributed by atoms with E-state index in [0.717, 1.165) is 61.9 Å². The van der Waals surface area contributed by atoms with Crippen LogP contribution in [0.2, 0.25) is 0 Å². The lowest BCUT2D eigenvalue weighted by atomic mass is 10.0. The average molecular weight is 499 g/mol. The fraction of sp³-hybridized carbons (Fsp3) is 0.433. The van der Waals surface area contributed by atoms with Crippen LogP contribution in [0.3, 0.4) is 0 Å².